The molecule has 0 amide bonds. The number of ether oxygens (including phenoxy) is 2. The van der Waals surface area contributed by atoms with Gasteiger partial charge in [-0.1, -0.05) is 18.6 Å². The Labute approximate surface area is 183 Å². The number of hydrogen-bond acceptors (Lipinski definition) is 5. The molecule has 0 bridgehead atoms. The Morgan fingerprint density at radius 1 is 1.39 bits per heavy atom. The Morgan fingerprint density at radius 2 is 2.13 bits per heavy atom. The number of alkyl halides is 1. The topological polar surface area (TPSA) is 72.8 Å². The van der Waals surface area contributed by atoms with E-state index in [2.05, 4.69) is 0 Å². The van der Waals surface area contributed by atoms with Crippen molar-refractivity contribution in [3.8, 4) is 0 Å². The molecule has 8 atom stereocenters. The van der Waals surface area contributed by atoms with E-state index in [4.69, 9.17) is 9.47 Å². The molecule has 1 aliphatic heterocycles. The van der Waals surface area contributed by atoms with E-state index in [-0.39, 0.29) is 35.4 Å². The highest BCUT2D eigenvalue weighted by Crippen LogP contribution is 2.75. The molecular formula is C25H33FO5. The third-order valence-electron chi connectivity index (χ3n) is 9.43. The van der Waals surface area contributed by atoms with Gasteiger partial charge in [-0.2, -0.15) is 0 Å². The van der Waals surface area contributed by atoms with E-state index in [9.17, 15) is 14.7 Å². The van der Waals surface area contributed by atoms with Crippen LogP contribution in [0.15, 0.2) is 23.8 Å². The Balaban J connectivity index is 1.66. The molecule has 0 aromatic heterocycles. The maximum Gasteiger partial charge on any atom is 0.190 e. The summed E-state index contributed by atoms with van der Waals surface area (Å²) >= 11 is 0. The Morgan fingerprint density at radius 3 is 2.74 bits per heavy atom. The van der Waals surface area contributed by atoms with Crippen LogP contribution < -0.4 is 0 Å². The predicted octanol–water partition coefficient (Wildman–Crippen LogP) is 3.35. The van der Waals surface area contributed by atoms with Gasteiger partial charge in [0.15, 0.2) is 17.2 Å². The zero-order chi connectivity index (χ0) is 22.4. The lowest BCUT2D eigenvalue weighted by molar-refractivity contribution is -0.316. The average molecular weight is 433 g/mol. The summed E-state index contributed by atoms with van der Waals surface area (Å²) in [5, 5.41) is 9.75. The molecule has 3 saturated carbocycles. The number of aliphatic hydroxyl groups excluding tert-OH is 1. The van der Waals surface area contributed by atoms with Gasteiger partial charge in [-0.3, -0.25) is 9.59 Å². The number of carbonyl (C=O) groups excluding carboxylic acids is 2. The predicted molar refractivity (Wildman–Crippen MR) is 112 cm³/mol. The minimum absolute atomic E-state index is 0.0202. The zero-order valence-electron chi connectivity index (χ0n) is 18.8. The van der Waals surface area contributed by atoms with E-state index >= 15 is 4.39 Å². The minimum Gasteiger partial charge on any atom is -0.388 e. The average Bonchev–Trinajstić information content (AvgIpc) is 2.86. The SMILES string of the molecule is CC(C)O[C@H]1C[C@]23CO[C@]2(C(=O)CO)[C@@H](C)C[C@H]3[C@@H]2CCC3=CC(=O)C=C[C@]3(C)[C@@]12F. The summed E-state index contributed by atoms with van der Waals surface area (Å²) in [5.74, 6) is -0.772. The van der Waals surface area contributed by atoms with E-state index in [1.165, 1.54) is 6.08 Å². The van der Waals surface area contributed by atoms with Crippen LogP contribution in [0.3, 0.4) is 0 Å². The van der Waals surface area contributed by atoms with Crippen LogP contribution in [0, 0.1) is 28.6 Å². The molecule has 31 heavy (non-hydrogen) atoms. The number of aliphatic hydroxyl groups is 1. The molecule has 0 radical (unpaired) electrons. The lowest BCUT2D eigenvalue weighted by atomic mass is 9.43. The molecule has 5 rings (SSSR count). The van der Waals surface area contributed by atoms with Crippen LogP contribution >= 0.6 is 0 Å². The molecule has 5 aliphatic rings. The molecule has 0 unspecified atom stereocenters. The van der Waals surface area contributed by atoms with Gasteiger partial charge in [0.1, 0.15) is 12.2 Å². The van der Waals surface area contributed by atoms with E-state index in [1.807, 2.05) is 27.7 Å². The van der Waals surface area contributed by atoms with E-state index in [0.717, 1.165) is 5.57 Å². The molecule has 5 nitrogen and oxygen atoms in total. The van der Waals surface area contributed by atoms with Crippen LogP contribution in [-0.4, -0.2) is 53.4 Å². The van der Waals surface area contributed by atoms with Gasteiger partial charge >= 0.3 is 0 Å². The molecule has 1 saturated heterocycles. The summed E-state index contributed by atoms with van der Waals surface area (Å²) in [7, 11) is 0. The van der Waals surface area contributed by atoms with Crippen LogP contribution in [-0.2, 0) is 19.1 Å². The first kappa shape index (κ1) is 21.5. The first-order valence-corrected chi connectivity index (χ1v) is 11.6. The standard InChI is InChI=1S/C25H33FO5/c1-14(2)31-21-11-23-13-30-25(23,20(29)12-27)15(3)9-19(23)18-6-5-16-10-17(28)7-8-22(16,4)24(18,21)26/h7-8,10,14-15,18-19,21,27H,5-6,9,11-13H2,1-4H3/t15-,18-,19-,21-,22-,23+,24-,25-/m0/s1. The molecule has 1 heterocycles. The molecule has 0 aromatic carbocycles. The van der Waals surface area contributed by atoms with Crippen LogP contribution in [0.2, 0.25) is 0 Å². The maximum absolute atomic E-state index is 17.7. The van der Waals surface area contributed by atoms with Crippen LogP contribution in [0.4, 0.5) is 4.39 Å². The van der Waals surface area contributed by atoms with Crippen LogP contribution in [0.5, 0.6) is 0 Å². The summed E-state index contributed by atoms with van der Waals surface area (Å²) < 4.78 is 30.0. The lowest BCUT2D eigenvalue weighted by Crippen LogP contribution is -2.76. The highest BCUT2D eigenvalue weighted by Gasteiger charge is 2.81. The first-order chi connectivity index (χ1) is 14.6. The Kier molecular flexibility index (Phi) is 4.56. The van der Waals surface area contributed by atoms with E-state index in [0.29, 0.717) is 32.3 Å². The largest absolute Gasteiger partial charge is 0.388 e. The number of ketones is 2. The van der Waals surface area contributed by atoms with Crippen molar-refractivity contribution in [2.24, 2.45) is 28.6 Å². The van der Waals surface area contributed by atoms with Crippen molar-refractivity contribution in [2.45, 2.75) is 76.9 Å². The summed E-state index contributed by atoms with van der Waals surface area (Å²) in [6.07, 6.45) is 6.34. The smallest absolute Gasteiger partial charge is 0.190 e. The second-order valence-corrected chi connectivity index (χ2v) is 10.9. The van der Waals surface area contributed by atoms with Gasteiger partial charge in [0.2, 0.25) is 0 Å². The van der Waals surface area contributed by atoms with E-state index in [1.54, 1.807) is 12.2 Å². The zero-order valence-corrected chi connectivity index (χ0v) is 18.8. The van der Waals surface area contributed by atoms with Gasteiger partial charge in [-0.15, -0.1) is 0 Å². The van der Waals surface area contributed by atoms with Crippen LogP contribution in [0.1, 0.15) is 53.4 Å². The quantitative estimate of drug-likeness (QED) is 0.738. The molecule has 1 N–H and O–H groups in total. The molecule has 1 spiro atoms. The molecule has 170 valence electrons. The van der Waals surface area contributed by atoms with Gasteiger partial charge in [-0.25, -0.2) is 4.39 Å². The summed E-state index contributed by atoms with van der Waals surface area (Å²) in [6, 6.07) is 0. The number of rotatable bonds is 4. The molecular weight excluding hydrogens is 399 g/mol. The molecule has 4 fully saturated rings. The molecule has 4 aliphatic carbocycles. The van der Waals surface area contributed by atoms with Crippen molar-refractivity contribution in [3.05, 3.63) is 23.8 Å². The minimum atomic E-state index is -1.68. The Bertz CT molecular complexity index is 894. The fraction of sp³-hybridized carbons (Fsp3) is 0.760. The number of hydrogen-bond donors (Lipinski definition) is 1. The second-order valence-electron chi connectivity index (χ2n) is 10.9. The van der Waals surface area contributed by atoms with Crippen molar-refractivity contribution in [2.75, 3.05) is 13.2 Å². The third kappa shape index (κ3) is 2.32. The number of allylic oxidation sites excluding steroid dienone is 4. The normalized spacial score (nSPS) is 50.2. The number of fused-ring (bicyclic) bond motifs is 4. The fourth-order valence-electron chi connectivity index (χ4n) is 8.22. The molecule has 6 heteroatoms. The van der Waals surface area contributed by atoms with Crippen molar-refractivity contribution in [1.82, 2.24) is 0 Å². The van der Waals surface area contributed by atoms with Crippen molar-refractivity contribution < 1.29 is 28.6 Å². The highest BCUT2D eigenvalue weighted by molar-refractivity contribution is 6.01. The monoisotopic (exact) mass is 432 g/mol. The van der Waals surface area contributed by atoms with Gasteiger partial charge in [-0.05, 0) is 70.4 Å². The summed E-state index contributed by atoms with van der Waals surface area (Å²) in [4.78, 5) is 25.1. The number of halogens is 1. The van der Waals surface area contributed by atoms with Gasteiger partial charge in [0, 0.05) is 16.7 Å². The van der Waals surface area contributed by atoms with Gasteiger partial charge < -0.3 is 14.6 Å². The van der Waals surface area contributed by atoms with Gasteiger partial charge in [0.05, 0.1) is 18.8 Å². The highest BCUT2D eigenvalue weighted by atomic mass is 19.1. The summed E-state index contributed by atoms with van der Waals surface area (Å²) in [5.41, 5.74) is -3.28. The van der Waals surface area contributed by atoms with Crippen molar-refractivity contribution in [3.63, 3.8) is 0 Å². The third-order valence-corrected chi connectivity index (χ3v) is 9.43. The first-order valence-electron chi connectivity index (χ1n) is 11.6. The maximum atomic E-state index is 17.7. The second kappa shape index (κ2) is 6.58. The van der Waals surface area contributed by atoms with Gasteiger partial charge in [0.25, 0.3) is 0 Å². The molecule has 0 aromatic rings. The van der Waals surface area contributed by atoms with Crippen molar-refractivity contribution in [1.29, 1.82) is 0 Å². The number of carbonyl (C=O) groups is 2. The Hall–Kier alpha value is -1.37. The summed E-state index contributed by atoms with van der Waals surface area (Å²) in [6.45, 7) is 7.57. The van der Waals surface area contributed by atoms with Crippen molar-refractivity contribution >= 4 is 11.6 Å². The lowest BCUT2D eigenvalue weighted by Gasteiger charge is -2.67. The van der Waals surface area contributed by atoms with E-state index < -0.39 is 34.8 Å². The fourth-order valence-corrected chi connectivity index (χ4v) is 8.22. The van der Waals surface area contributed by atoms with Crippen LogP contribution in [0.25, 0.3) is 0 Å². The number of Topliss-reactive ketones (excluding diaryl/α,β-unsaturated/α-hetero) is 1.